The number of hydrogen-bond acceptors (Lipinski definition) is 3. The van der Waals surface area contributed by atoms with E-state index in [1.54, 1.807) is 6.07 Å². The fourth-order valence-electron chi connectivity index (χ4n) is 4.06. The number of phenolic OH excluding ortho intramolecular Hbond substituents is 1. The molecule has 0 aliphatic rings. The number of aryl methyl sites for hydroxylation is 1. The summed E-state index contributed by atoms with van der Waals surface area (Å²) in [5.41, 5.74) is 5.58. The van der Waals surface area contributed by atoms with Gasteiger partial charge in [-0.3, -0.25) is 0 Å². The third-order valence-corrected chi connectivity index (χ3v) is 6.07. The maximum Gasteiger partial charge on any atom is 0.120 e. The first kappa shape index (κ1) is 23.1. The third kappa shape index (κ3) is 6.02. The van der Waals surface area contributed by atoms with Crippen LogP contribution in [0.2, 0.25) is 5.02 Å². The van der Waals surface area contributed by atoms with E-state index < -0.39 is 0 Å². The van der Waals surface area contributed by atoms with Crippen LogP contribution < -0.4 is 10.6 Å². The molecule has 33 heavy (non-hydrogen) atoms. The highest BCUT2D eigenvalue weighted by atomic mass is 35.5. The van der Waals surface area contributed by atoms with E-state index in [-0.39, 0.29) is 12.1 Å². The topological polar surface area (TPSA) is 44.3 Å². The lowest BCUT2D eigenvalue weighted by Crippen LogP contribution is -2.33. The van der Waals surface area contributed by atoms with E-state index in [0.717, 1.165) is 29.2 Å². The SMILES string of the molecule is Cc1ccc(C(NCCNC(c2ccccc2)c2ccc(Cl)cc2)c2ccccc2O)cc1. The van der Waals surface area contributed by atoms with Crippen molar-refractivity contribution in [1.82, 2.24) is 10.6 Å². The Kier molecular flexibility index (Phi) is 7.79. The minimum atomic E-state index is -0.0979. The lowest BCUT2D eigenvalue weighted by Gasteiger charge is -2.23. The van der Waals surface area contributed by atoms with Gasteiger partial charge in [-0.1, -0.05) is 102 Å². The van der Waals surface area contributed by atoms with Crippen LogP contribution in [0.1, 0.15) is 39.9 Å². The number of halogens is 1. The smallest absolute Gasteiger partial charge is 0.120 e. The van der Waals surface area contributed by atoms with Crippen LogP contribution in [0.5, 0.6) is 5.75 Å². The van der Waals surface area contributed by atoms with Crippen molar-refractivity contribution in [2.45, 2.75) is 19.0 Å². The van der Waals surface area contributed by atoms with Crippen molar-refractivity contribution >= 4 is 11.6 Å². The molecule has 4 aromatic rings. The molecule has 3 nitrogen and oxygen atoms in total. The van der Waals surface area contributed by atoms with Gasteiger partial charge in [-0.05, 0) is 41.8 Å². The van der Waals surface area contributed by atoms with Gasteiger partial charge in [0, 0.05) is 23.7 Å². The number of phenols is 1. The van der Waals surface area contributed by atoms with Crippen LogP contribution in [-0.4, -0.2) is 18.2 Å². The Morgan fingerprint density at radius 1 is 0.636 bits per heavy atom. The molecule has 0 radical (unpaired) electrons. The van der Waals surface area contributed by atoms with Crippen LogP contribution in [0.4, 0.5) is 0 Å². The molecule has 0 saturated heterocycles. The predicted octanol–water partition coefficient (Wildman–Crippen LogP) is 6.41. The van der Waals surface area contributed by atoms with Gasteiger partial charge in [0.1, 0.15) is 5.75 Å². The zero-order valence-electron chi connectivity index (χ0n) is 18.7. The first-order valence-electron chi connectivity index (χ1n) is 11.2. The molecule has 168 valence electrons. The summed E-state index contributed by atoms with van der Waals surface area (Å²) in [6.45, 7) is 3.55. The molecular weight excluding hydrogens is 428 g/mol. The summed E-state index contributed by atoms with van der Waals surface area (Å²) in [5, 5.41) is 18.5. The number of benzene rings is 4. The van der Waals surface area contributed by atoms with Gasteiger partial charge in [-0.2, -0.15) is 0 Å². The highest BCUT2D eigenvalue weighted by Crippen LogP contribution is 2.29. The normalized spacial score (nSPS) is 12.9. The summed E-state index contributed by atoms with van der Waals surface area (Å²) in [6, 6.07) is 34.3. The monoisotopic (exact) mass is 456 g/mol. The van der Waals surface area contributed by atoms with Gasteiger partial charge in [-0.15, -0.1) is 0 Å². The minimum absolute atomic E-state index is 0.0632. The largest absolute Gasteiger partial charge is 0.508 e. The van der Waals surface area contributed by atoms with Gasteiger partial charge in [-0.25, -0.2) is 0 Å². The molecule has 3 N–H and O–H groups in total. The lowest BCUT2D eigenvalue weighted by atomic mass is 9.97. The van der Waals surface area contributed by atoms with Crippen LogP contribution in [0.25, 0.3) is 0 Å². The first-order chi connectivity index (χ1) is 16.1. The van der Waals surface area contributed by atoms with Gasteiger partial charge >= 0.3 is 0 Å². The van der Waals surface area contributed by atoms with Crippen molar-refractivity contribution in [3.05, 3.63) is 136 Å². The first-order valence-corrected chi connectivity index (χ1v) is 11.6. The summed E-state index contributed by atoms with van der Waals surface area (Å²) >= 11 is 6.11. The molecular formula is C29H29ClN2O. The average Bonchev–Trinajstić information content (AvgIpc) is 2.84. The van der Waals surface area contributed by atoms with E-state index in [9.17, 15) is 5.11 Å². The Morgan fingerprint density at radius 3 is 1.82 bits per heavy atom. The number of para-hydroxylation sites is 1. The van der Waals surface area contributed by atoms with Gasteiger partial charge in [0.2, 0.25) is 0 Å². The Balaban J connectivity index is 1.49. The van der Waals surface area contributed by atoms with Gasteiger partial charge < -0.3 is 15.7 Å². The summed E-state index contributed by atoms with van der Waals surface area (Å²) < 4.78 is 0. The zero-order chi connectivity index (χ0) is 23.0. The number of hydrogen-bond donors (Lipinski definition) is 3. The van der Waals surface area contributed by atoms with Gasteiger partial charge in [0.15, 0.2) is 0 Å². The van der Waals surface area contributed by atoms with Crippen molar-refractivity contribution in [1.29, 1.82) is 0 Å². The molecule has 4 aromatic carbocycles. The maximum atomic E-state index is 10.5. The minimum Gasteiger partial charge on any atom is -0.508 e. The number of nitrogens with one attached hydrogen (secondary N) is 2. The summed E-state index contributed by atoms with van der Waals surface area (Å²) in [6.07, 6.45) is 0. The molecule has 0 aromatic heterocycles. The molecule has 0 heterocycles. The summed E-state index contributed by atoms with van der Waals surface area (Å²) in [4.78, 5) is 0. The Hall–Kier alpha value is -3.11. The Morgan fingerprint density at radius 2 is 1.15 bits per heavy atom. The second-order valence-electron chi connectivity index (χ2n) is 8.21. The van der Waals surface area contributed by atoms with Crippen molar-refractivity contribution in [2.24, 2.45) is 0 Å². The van der Waals surface area contributed by atoms with Crippen molar-refractivity contribution in [3.8, 4) is 5.75 Å². The molecule has 0 aliphatic heterocycles. The molecule has 0 spiro atoms. The Labute approximate surface area is 201 Å². The fraction of sp³-hybridized carbons (Fsp3) is 0.172. The predicted molar refractivity (Wildman–Crippen MR) is 137 cm³/mol. The van der Waals surface area contributed by atoms with E-state index in [0.29, 0.717) is 5.75 Å². The second-order valence-corrected chi connectivity index (χ2v) is 8.64. The molecule has 0 bridgehead atoms. The third-order valence-electron chi connectivity index (χ3n) is 5.82. The van der Waals surface area contributed by atoms with Crippen LogP contribution in [0.3, 0.4) is 0 Å². The van der Waals surface area contributed by atoms with Crippen LogP contribution in [0, 0.1) is 6.92 Å². The van der Waals surface area contributed by atoms with Crippen LogP contribution in [0.15, 0.2) is 103 Å². The molecule has 0 amide bonds. The molecule has 4 rings (SSSR count). The standard InChI is InChI=1S/C29H29ClN2O/c1-21-11-13-24(14-12-21)29(26-9-5-6-10-27(26)33)32-20-19-31-28(22-7-3-2-4-8-22)23-15-17-25(30)18-16-23/h2-18,28-29,31-33H,19-20H2,1H3. The van der Waals surface area contributed by atoms with E-state index in [1.807, 2.05) is 36.4 Å². The average molecular weight is 457 g/mol. The fourth-order valence-corrected chi connectivity index (χ4v) is 4.19. The van der Waals surface area contributed by atoms with E-state index >= 15 is 0 Å². The molecule has 2 unspecified atom stereocenters. The maximum absolute atomic E-state index is 10.5. The molecule has 2 atom stereocenters. The van der Waals surface area contributed by atoms with Crippen LogP contribution in [-0.2, 0) is 0 Å². The van der Waals surface area contributed by atoms with Gasteiger partial charge in [0.05, 0.1) is 12.1 Å². The quantitative estimate of drug-likeness (QED) is 0.255. The number of aromatic hydroxyl groups is 1. The van der Waals surface area contributed by atoms with E-state index in [2.05, 4.69) is 78.2 Å². The summed E-state index contributed by atoms with van der Waals surface area (Å²) in [7, 11) is 0. The Bertz CT molecular complexity index is 1140. The number of rotatable bonds is 9. The molecule has 0 fully saturated rings. The van der Waals surface area contributed by atoms with Crippen LogP contribution >= 0.6 is 11.6 Å². The van der Waals surface area contributed by atoms with Crippen molar-refractivity contribution < 1.29 is 5.11 Å². The highest BCUT2D eigenvalue weighted by Gasteiger charge is 2.18. The zero-order valence-corrected chi connectivity index (χ0v) is 19.5. The highest BCUT2D eigenvalue weighted by molar-refractivity contribution is 6.30. The molecule has 0 aliphatic carbocycles. The van der Waals surface area contributed by atoms with Gasteiger partial charge in [0.25, 0.3) is 0 Å². The lowest BCUT2D eigenvalue weighted by molar-refractivity contribution is 0.455. The summed E-state index contributed by atoms with van der Waals surface area (Å²) in [5.74, 6) is 0.298. The second kappa shape index (κ2) is 11.2. The van der Waals surface area contributed by atoms with Crippen molar-refractivity contribution in [3.63, 3.8) is 0 Å². The molecule has 0 saturated carbocycles. The van der Waals surface area contributed by atoms with Crippen molar-refractivity contribution in [2.75, 3.05) is 13.1 Å². The van der Waals surface area contributed by atoms with E-state index in [1.165, 1.54) is 16.7 Å². The van der Waals surface area contributed by atoms with E-state index in [4.69, 9.17) is 11.6 Å². The molecule has 4 heteroatoms.